The van der Waals surface area contributed by atoms with E-state index in [0.29, 0.717) is 13.2 Å². The molecule has 0 heterocycles. The Bertz CT molecular complexity index is 401. The lowest BCUT2D eigenvalue weighted by atomic mass is 10.9. The summed E-state index contributed by atoms with van der Waals surface area (Å²) in [4.78, 5) is 0. The standard InChI is InChI=1S/C10H24O6P2.C4H10O3P/c1-6-13-17(11,14-7-2)10(5)18(12,15-8-3)16-9-4;1-3-6-8(5)7-4-2/h10H,6-9H2,1-5H3;3-4H2,1-2H3/q;+1. The summed E-state index contributed by atoms with van der Waals surface area (Å²) in [7, 11) is -8.84. The summed E-state index contributed by atoms with van der Waals surface area (Å²) in [6.45, 7) is 13.6. The van der Waals surface area contributed by atoms with E-state index in [2.05, 4.69) is 9.05 Å². The Hall–Kier alpha value is 0.320. The van der Waals surface area contributed by atoms with Crippen LogP contribution in [0.3, 0.4) is 0 Å². The van der Waals surface area contributed by atoms with Crippen molar-refractivity contribution in [3.05, 3.63) is 0 Å². The first kappa shape index (κ1) is 28.5. The van der Waals surface area contributed by atoms with Crippen molar-refractivity contribution in [3.63, 3.8) is 0 Å². The maximum absolute atomic E-state index is 12.5. The van der Waals surface area contributed by atoms with Gasteiger partial charge in [0.1, 0.15) is 13.2 Å². The quantitative estimate of drug-likeness (QED) is 0.321. The minimum absolute atomic E-state index is 0.208. The third-order valence-corrected chi connectivity index (χ3v) is 9.56. The molecule has 0 aromatic rings. The Balaban J connectivity index is 0. The van der Waals surface area contributed by atoms with E-state index in [1.165, 1.54) is 6.92 Å². The average molecular weight is 439 g/mol. The first-order chi connectivity index (χ1) is 12.2. The Kier molecular flexibility index (Phi) is 17.9. The highest BCUT2D eigenvalue weighted by Crippen LogP contribution is 2.70. The fraction of sp³-hybridized carbons (Fsp3) is 1.00. The van der Waals surface area contributed by atoms with Gasteiger partial charge in [-0.15, -0.1) is 9.05 Å². The van der Waals surface area contributed by atoms with Crippen LogP contribution in [0.2, 0.25) is 0 Å². The fourth-order valence-electron chi connectivity index (χ4n) is 1.65. The van der Waals surface area contributed by atoms with Gasteiger partial charge in [-0.25, -0.2) is 0 Å². The van der Waals surface area contributed by atoms with Gasteiger partial charge in [0.05, 0.1) is 26.4 Å². The van der Waals surface area contributed by atoms with Gasteiger partial charge in [0.25, 0.3) is 0 Å². The Morgan fingerprint density at radius 2 is 0.923 bits per heavy atom. The zero-order valence-electron chi connectivity index (χ0n) is 16.8. The average Bonchev–Trinajstić information content (AvgIpc) is 2.56. The molecule has 0 saturated carbocycles. The van der Waals surface area contributed by atoms with Crippen LogP contribution in [0, 0.1) is 0 Å². The molecular weight excluding hydrogens is 405 g/mol. The molecule has 0 aromatic carbocycles. The third-order valence-electron chi connectivity index (χ3n) is 2.62. The molecule has 0 N–H and O–H groups in total. The molecule has 0 spiro atoms. The number of hydrogen-bond donors (Lipinski definition) is 0. The smallest absolute Gasteiger partial charge is 0.308 e. The van der Waals surface area contributed by atoms with E-state index in [1.807, 2.05) is 0 Å². The molecule has 0 fully saturated rings. The molecule has 9 nitrogen and oxygen atoms in total. The summed E-state index contributed by atoms with van der Waals surface area (Å²) in [6, 6.07) is 0. The van der Waals surface area contributed by atoms with Gasteiger partial charge in [-0.1, -0.05) is 0 Å². The van der Waals surface area contributed by atoms with Gasteiger partial charge in [-0.3, -0.25) is 9.13 Å². The highest BCUT2D eigenvalue weighted by Gasteiger charge is 2.47. The molecule has 0 unspecified atom stereocenters. The normalized spacial score (nSPS) is 12.0. The summed E-state index contributed by atoms with van der Waals surface area (Å²) in [5.74, 6) is 0. The second kappa shape index (κ2) is 16.3. The molecule has 0 aliphatic carbocycles. The molecule has 0 amide bonds. The van der Waals surface area contributed by atoms with Crippen molar-refractivity contribution in [3.8, 4) is 0 Å². The fourth-order valence-corrected chi connectivity index (χ4v) is 6.78. The van der Waals surface area contributed by atoms with Crippen LogP contribution < -0.4 is 0 Å². The Morgan fingerprint density at radius 1 is 0.654 bits per heavy atom. The molecule has 158 valence electrons. The lowest BCUT2D eigenvalue weighted by Gasteiger charge is -2.28. The van der Waals surface area contributed by atoms with Gasteiger partial charge < -0.3 is 18.1 Å². The van der Waals surface area contributed by atoms with Crippen LogP contribution in [0.15, 0.2) is 0 Å². The van der Waals surface area contributed by atoms with Gasteiger partial charge in [0.2, 0.25) is 0 Å². The predicted octanol–water partition coefficient (Wildman–Crippen LogP) is 5.58. The van der Waals surface area contributed by atoms with E-state index in [-0.39, 0.29) is 26.4 Å². The SMILES string of the molecule is CCOP(=O)(OCC)C(C)P(=O)(OCC)OCC.CCO[P+](=O)OCC. The largest absolute Gasteiger partial charge is 0.697 e. The molecule has 12 heteroatoms. The zero-order chi connectivity index (χ0) is 20.6. The maximum atomic E-state index is 12.5. The molecule has 0 rings (SSSR count). The van der Waals surface area contributed by atoms with Crippen molar-refractivity contribution >= 4 is 23.4 Å². The van der Waals surface area contributed by atoms with Gasteiger partial charge in [-0.2, -0.15) is 0 Å². The highest BCUT2D eigenvalue weighted by atomic mass is 31.2. The van der Waals surface area contributed by atoms with Gasteiger partial charge in [0.15, 0.2) is 5.40 Å². The summed E-state index contributed by atoms with van der Waals surface area (Å²) in [5, 5.41) is -0.940. The monoisotopic (exact) mass is 439 g/mol. The lowest BCUT2D eigenvalue weighted by Crippen LogP contribution is -2.14. The van der Waals surface area contributed by atoms with Crippen LogP contribution >= 0.6 is 23.4 Å². The molecular formula is C14H34O9P3+. The second-order valence-corrected chi connectivity index (χ2v) is 10.6. The molecule has 0 saturated heterocycles. The minimum Gasteiger partial charge on any atom is -0.308 e. The molecule has 0 aliphatic rings. The first-order valence-electron chi connectivity index (χ1n) is 8.71. The topological polar surface area (TPSA) is 107 Å². The molecule has 0 bridgehead atoms. The third kappa shape index (κ3) is 11.2. The van der Waals surface area contributed by atoms with Crippen molar-refractivity contribution in [2.24, 2.45) is 0 Å². The van der Waals surface area contributed by atoms with E-state index < -0.39 is 28.8 Å². The van der Waals surface area contributed by atoms with Crippen molar-refractivity contribution in [1.82, 2.24) is 0 Å². The van der Waals surface area contributed by atoms with Crippen LogP contribution in [0.1, 0.15) is 48.5 Å². The van der Waals surface area contributed by atoms with Crippen LogP contribution in [0.25, 0.3) is 0 Å². The minimum atomic E-state index is -3.50. The Morgan fingerprint density at radius 3 is 1.12 bits per heavy atom. The molecule has 26 heavy (non-hydrogen) atoms. The van der Waals surface area contributed by atoms with Crippen LogP contribution in [-0.2, 0) is 40.8 Å². The first-order valence-corrected chi connectivity index (χ1v) is 13.0. The van der Waals surface area contributed by atoms with Crippen LogP contribution in [-0.4, -0.2) is 45.0 Å². The van der Waals surface area contributed by atoms with Gasteiger partial charge >= 0.3 is 23.4 Å². The van der Waals surface area contributed by atoms with E-state index in [9.17, 15) is 13.7 Å². The summed E-state index contributed by atoms with van der Waals surface area (Å²) < 4.78 is 65.2. The van der Waals surface area contributed by atoms with Crippen molar-refractivity contribution in [2.75, 3.05) is 39.6 Å². The summed E-state index contributed by atoms with van der Waals surface area (Å²) >= 11 is 0. The second-order valence-electron chi connectivity index (χ2n) is 4.44. The van der Waals surface area contributed by atoms with E-state index in [0.717, 1.165) is 0 Å². The van der Waals surface area contributed by atoms with Crippen molar-refractivity contribution < 1.29 is 40.8 Å². The molecule has 0 radical (unpaired) electrons. The molecule has 0 aliphatic heterocycles. The van der Waals surface area contributed by atoms with Crippen molar-refractivity contribution in [1.29, 1.82) is 0 Å². The van der Waals surface area contributed by atoms with Crippen molar-refractivity contribution in [2.45, 2.75) is 53.9 Å². The molecule has 0 aromatic heterocycles. The van der Waals surface area contributed by atoms with Gasteiger partial charge in [0, 0.05) is 4.57 Å². The summed E-state index contributed by atoms with van der Waals surface area (Å²) in [6.07, 6.45) is 0. The lowest BCUT2D eigenvalue weighted by molar-refractivity contribution is 0.197. The maximum Gasteiger partial charge on any atom is 0.697 e. The van der Waals surface area contributed by atoms with Crippen LogP contribution in [0.4, 0.5) is 0 Å². The van der Waals surface area contributed by atoms with Crippen LogP contribution in [0.5, 0.6) is 0 Å². The summed E-state index contributed by atoms with van der Waals surface area (Å²) in [5.41, 5.74) is 0. The van der Waals surface area contributed by atoms with E-state index in [4.69, 9.17) is 18.1 Å². The highest BCUT2D eigenvalue weighted by molar-refractivity contribution is 7.72. The Labute approximate surface area is 158 Å². The van der Waals surface area contributed by atoms with E-state index in [1.54, 1.807) is 41.5 Å². The number of hydrogen-bond acceptors (Lipinski definition) is 9. The predicted molar refractivity (Wildman–Crippen MR) is 102 cm³/mol. The molecule has 0 atom stereocenters. The van der Waals surface area contributed by atoms with Gasteiger partial charge in [-0.05, 0) is 48.5 Å². The zero-order valence-corrected chi connectivity index (χ0v) is 19.5. The number of rotatable bonds is 14. The van der Waals surface area contributed by atoms with E-state index >= 15 is 0 Å².